The van der Waals surface area contributed by atoms with Crippen molar-refractivity contribution in [1.82, 2.24) is 13.1 Å². The maximum absolute atomic E-state index is 12.7. The number of sulfonamides is 1. The van der Waals surface area contributed by atoms with Crippen molar-refractivity contribution in [2.75, 3.05) is 13.1 Å². The Balaban J connectivity index is 1.91. The summed E-state index contributed by atoms with van der Waals surface area (Å²) in [7, 11) is -3.66. The van der Waals surface area contributed by atoms with Crippen LogP contribution in [0.3, 0.4) is 0 Å². The van der Waals surface area contributed by atoms with E-state index >= 15 is 0 Å². The molecule has 2 heterocycles. The first-order chi connectivity index (χ1) is 9.98. The third kappa shape index (κ3) is 2.63. The van der Waals surface area contributed by atoms with E-state index in [1.807, 2.05) is 0 Å². The summed E-state index contributed by atoms with van der Waals surface area (Å²) in [6, 6.07) is 4.88. The Hall–Kier alpha value is -1.58. The van der Waals surface area contributed by atoms with Gasteiger partial charge in [-0.1, -0.05) is 6.07 Å². The molecule has 0 spiro atoms. The van der Waals surface area contributed by atoms with Gasteiger partial charge in [0.1, 0.15) is 15.9 Å². The van der Waals surface area contributed by atoms with E-state index in [0.29, 0.717) is 24.0 Å². The molecule has 0 aliphatic carbocycles. The zero-order valence-corrected chi connectivity index (χ0v) is 12.6. The first kappa shape index (κ1) is 14.4. The van der Waals surface area contributed by atoms with Crippen LogP contribution in [0.15, 0.2) is 23.1 Å². The topological polar surface area (TPSA) is 100 Å². The van der Waals surface area contributed by atoms with Gasteiger partial charge in [-0.2, -0.15) is 13.1 Å². The van der Waals surface area contributed by atoms with Gasteiger partial charge < -0.3 is 5.11 Å². The number of benzene rings is 1. The van der Waals surface area contributed by atoms with Gasteiger partial charge in [-0.3, -0.25) is 4.79 Å². The first-order valence-corrected chi connectivity index (χ1v) is 8.59. The van der Waals surface area contributed by atoms with Gasteiger partial charge in [0.15, 0.2) is 0 Å². The van der Waals surface area contributed by atoms with Crippen molar-refractivity contribution in [2.24, 2.45) is 5.92 Å². The summed E-state index contributed by atoms with van der Waals surface area (Å²) in [6.07, 6.45) is 0.561. The van der Waals surface area contributed by atoms with E-state index < -0.39 is 16.0 Å². The number of aromatic nitrogens is 2. The van der Waals surface area contributed by atoms with E-state index in [0.717, 1.165) is 11.7 Å². The number of carboxylic acid groups (broad SMARTS) is 1. The quantitative estimate of drug-likeness (QED) is 0.905. The van der Waals surface area contributed by atoms with Crippen molar-refractivity contribution in [1.29, 1.82) is 0 Å². The second-order valence-electron chi connectivity index (χ2n) is 5.00. The normalized spacial score (nSPS) is 20.1. The van der Waals surface area contributed by atoms with Crippen LogP contribution in [-0.2, 0) is 14.8 Å². The molecule has 0 radical (unpaired) electrons. The Morgan fingerprint density at radius 3 is 3.00 bits per heavy atom. The molecule has 1 N–H and O–H groups in total. The molecule has 1 unspecified atom stereocenters. The Labute approximate surface area is 125 Å². The summed E-state index contributed by atoms with van der Waals surface area (Å²) in [4.78, 5) is 10.9. The van der Waals surface area contributed by atoms with E-state index in [9.17, 15) is 13.2 Å². The average Bonchev–Trinajstić information content (AvgIpc) is 3.05. The molecule has 1 aromatic heterocycles. The highest BCUT2D eigenvalue weighted by Gasteiger charge is 2.34. The van der Waals surface area contributed by atoms with Gasteiger partial charge in [0, 0.05) is 19.5 Å². The zero-order chi connectivity index (χ0) is 15.0. The summed E-state index contributed by atoms with van der Waals surface area (Å²) < 4.78 is 34.8. The summed E-state index contributed by atoms with van der Waals surface area (Å²) in [6.45, 7) is 0.580. The molecule has 1 aliphatic heterocycles. The van der Waals surface area contributed by atoms with Crippen LogP contribution in [0.25, 0.3) is 11.0 Å². The number of fused-ring (bicyclic) bond motifs is 1. The summed E-state index contributed by atoms with van der Waals surface area (Å²) in [5.74, 6) is -1.03. The molecule has 0 amide bonds. The van der Waals surface area contributed by atoms with E-state index in [4.69, 9.17) is 5.11 Å². The lowest BCUT2D eigenvalue weighted by Gasteiger charge is -2.16. The zero-order valence-electron chi connectivity index (χ0n) is 11.0. The second-order valence-corrected chi connectivity index (χ2v) is 7.44. The minimum absolute atomic E-state index is 0.00548. The molecule has 1 saturated heterocycles. The molecule has 7 nitrogen and oxygen atoms in total. The van der Waals surface area contributed by atoms with Gasteiger partial charge >= 0.3 is 5.97 Å². The van der Waals surface area contributed by atoms with Crippen LogP contribution in [0.4, 0.5) is 0 Å². The second kappa shape index (κ2) is 5.32. The minimum Gasteiger partial charge on any atom is -0.481 e. The number of aliphatic carboxylic acids is 1. The van der Waals surface area contributed by atoms with Crippen LogP contribution in [-0.4, -0.2) is 45.6 Å². The molecule has 1 aromatic carbocycles. The van der Waals surface area contributed by atoms with Crippen LogP contribution < -0.4 is 0 Å². The summed E-state index contributed by atoms with van der Waals surface area (Å²) >= 11 is 0.974. The van der Waals surface area contributed by atoms with Gasteiger partial charge in [-0.05, 0) is 24.5 Å². The molecular weight excluding hydrogens is 314 g/mol. The van der Waals surface area contributed by atoms with Crippen molar-refractivity contribution in [3.05, 3.63) is 18.2 Å². The Kier molecular flexibility index (Phi) is 3.64. The van der Waals surface area contributed by atoms with Crippen molar-refractivity contribution >= 4 is 38.8 Å². The van der Waals surface area contributed by atoms with Gasteiger partial charge in [0.05, 0.1) is 11.7 Å². The number of carboxylic acids is 1. The molecule has 0 saturated carbocycles. The predicted octanol–water partition coefficient (Wildman–Crippen LogP) is 1.18. The molecule has 1 aliphatic rings. The fourth-order valence-corrected chi connectivity index (χ4v) is 4.84. The predicted molar refractivity (Wildman–Crippen MR) is 76.5 cm³/mol. The third-order valence-corrected chi connectivity index (χ3v) is 6.02. The van der Waals surface area contributed by atoms with Crippen LogP contribution >= 0.6 is 11.7 Å². The fraction of sp³-hybridized carbons (Fsp3) is 0.417. The molecule has 1 atom stereocenters. The van der Waals surface area contributed by atoms with Crippen LogP contribution in [0.1, 0.15) is 12.8 Å². The number of rotatable bonds is 4. The number of hydrogen-bond acceptors (Lipinski definition) is 6. The average molecular weight is 327 g/mol. The Morgan fingerprint density at radius 2 is 2.24 bits per heavy atom. The van der Waals surface area contributed by atoms with Crippen molar-refractivity contribution in [2.45, 2.75) is 17.7 Å². The standard InChI is InChI=1S/C12H13N3O4S2/c16-11(17)6-8-4-5-15(7-8)21(18,19)10-3-1-2-9-12(10)14-20-13-9/h1-3,8H,4-7H2,(H,16,17). The van der Waals surface area contributed by atoms with E-state index in [-0.39, 0.29) is 23.8 Å². The van der Waals surface area contributed by atoms with Crippen LogP contribution in [0.5, 0.6) is 0 Å². The lowest BCUT2D eigenvalue weighted by Crippen LogP contribution is -2.29. The molecular formula is C12H13N3O4S2. The van der Waals surface area contributed by atoms with Crippen molar-refractivity contribution < 1.29 is 18.3 Å². The highest BCUT2D eigenvalue weighted by molar-refractivity contribution is 7.89. The monoisotopic (exact) mass is 327 g/mol. The molecule has 1 fully saturated rings. The SMILES string of the molecule is O=C(O)CC1CCN(S(=O)(=O)c2cccc3nsnc23)C1. The Bertz CT molecular complexity index is 787. The minimum atomic E-state index is -3.66. The molecule has 112 valence electrons. The highest BCUT2D eigenvalue weighted by Crippen LogP contribution is 2.29. The van der Waals surface area contributed by atoms with Gasteiger partial charge in [-0.15, -0.1) is 0 Å². The molecule has 0 bridgehead atoms. The van der Waals surface area contributed by atoms with Crippen molar-refractivity contribution in [3.8, 4) is 0 Å². The maximum Gasteiger partial charge on any atom is 0.303 e. The van der Waals surface area contributed by atoms with Crippen LogP contribution in [0.2, 0.25) is 0 Å². The molecule has 2 aromatic rings. The lowest BCUT2D eigenvalue weighted by molar-refractivity contribution is -0.137. The van der Waals surface area contributed by atoms with Crippen LogP contribution in [0, 0.1) is 5.92 Å². The van der Waals surface area contributed by atoms with Gasteiger partial charge in [-0.25, -0.2) is 8.42 Å². The highest BCUT2D eigenvalue weighted by atomic mass is 32.2. The summed E-state index contributed by atoms with van der Waals surface area (Å²) in [5.41, 5.74) is 0.937. The lowest BCUT2D eigenvalue weighted by atomic mass is 10.1. The smallest absolute Gasteiger partial charge is 0.303 e. The van der Waals surface area contributed by atoms with E-state index in [1.54, 1.807) is 12.1 Å². The van der Waals surface area contributed by atoms with E-state index in [1.165, 1.54) is 10.4 Å². The van der Waals surface area contributed by atoms with E-state index in [2.05, 4.69) is 8.75 Å². The summed E-state index contributed by atoms with van der Waals surface area (Å²) in [5, 5.41) is 8.81. The molecule has 9 heteroatoms. The molecule has 21 heavy (non-hydrogen) atoms. The number of carbonyl (C=O) groups is 1. The first-order valence-electron chi connectivity index (χ1n) is 6.41. The third-order valence-electron chi connectivity index (χ3n) is 3.58. The van der Waals surface area contributed by atoms with Gasteiger partial charge in [0.25, 0.3) is 0 Å². The van der Waals surface area contributed by atoms with Gasteiger partial charge in [0.2, 0.25) is 10.0 Å². The largest absolute Gasteiger partial charge is 0.481 e. The fourth-order valence-electron chi connectivity index (χ4n) is 2.56. The maximum atomic E-state index is 12.7. The number of hydrogen-bond donors (Lipinski definition) is 1. The molecule has 3 rings (SSSR count). The number of nitrogens with zero attached hydrogens (tertiary/aromatic N) is 3. The Morgan fingerprint density at radius 1 is 1.43 bits per heavy atom. The van der Waals surface area contributed by atoms with Crippen molar-refractivity contribution in [3.63, 3.8) is 0 Å².